The normalized spacial score (nSPS) is 53.1. The molecule has 4 saturated carbocycles. The summed E-state index contributed by atoms with van der Waals surface area (Å²) in [6, 6.07) is 0. The first-order valence-corrected chi connectivity index (χ1v) is 14.4. The molecule has 0 aromatic rings. The van der Waals surface area contributed by atoms with E-state index in [0.29, 0.717) is 24.7 Å². The number of hydrogen-bond donors (Lipinski definition) is 3. The third-order valence-corrected chi connectivity index (χ3v) is 13.5. The molecule has 36 heavy (non-hydrogen) atoms. The summed E-state index contributed by atoms with van der Waals surface area (Å²) >= 11 is 0. The standard InChI is InChI=1S/C31H50O5/c1-26(2)17-19-18-9-10-21-28(5)13-12-22(32)27(3,4)20(28)11-14-30(21,7)29(18,6)15-16-31(19,25(35)36-8)24(34)23(26)33/h9,19-24,32-34H,10-17H2,1-8H3/t19-,20-,21+,22-,23+,24-,28-,29+,30+,31-/m0/s1. The van der Waals surface area contributed by atoms with E-state index in [4.69, 9.17) is 4.74 Å². The van der Waals surface area contributed by atoms with Crippen LogP contribution in [0.5, 0.6) is 0 Å². The van der Waals surface area contributed by atoms with Crippen molar-refractivity contribution in [2.45, 2.75) is 118 Å². The molecule has 5 heteroatoms. The van der Waals surface area contributed by atoms with Gasteiger partial charge in [-0.1, -0.05) is 60.1 Å². The summed E-state index contributed by atoms with van der Waals surface area (Å²) < 4.78 is 5.34. The van der Waals surface area contributed by atoms with Crippen LogP contribution in [0.25, 0.3) is 0 Å². The lowest BCUT2D eigenvalue weighted by Gasteiger charge is -2.71. The van der Waals surface area contributed by atoms with E-state index in [1.807, 2.05) is 13.8 Å². The van der Waals surface area contributed by atoms with Gasteiger partial charge in [0.05, 0.1) is 25.4 Å². The molecule has 0 heterocycles. The van der Waals surface area contributed by atoms with Gasteiger partial charge < -0.3 is 20.1 Å². The molecule has 10 atom stereocenters. The number of fused-ring (bicyclic) bond motifs is 7. The SMILES string of the molecule is COC(=O)[C@@]12CC[C@]3(C)C(=CC[C@@H]4[C@@]5(C)CC[C@H](O)C(C)(C)[C@@H]5CC[C@]43C)[C@@H]1CC(C)(C)[C@H](O)[C@@H]2O. The molecule has 204 valence electrons. The van der Waals surface area contributed by atoms with Crippen molar-refractivity contribution < 1.29 is 24.9 Å². The third kappa shape index (κ3) is 2.97. The van der Waals surface area contributed by atoms with E-state index in [0.717, 1.165) is 38.5 Å². The summed E-state index contributed by atoms with van der Waals surface area (Å²) in [5, 5.41) is 33.5. The molecule has 0 aliphatic heterocycles. The highest BCUT2D eigenvalue weighted by atomic mass is 16.5. The highest BCUT2D eigenvalue weighted by Gasteiger charge is 2.71. The van der Waals surface area contributed by atoms with Gasteiger partial charge in [-0.3, -0.25) is 4.79 Å². The Kier molecular flexibility index (Phi) is 5.80. The molecule has 0 aromatic carbocycles. The van der Waals surface area contributed by atoms with Crippen LogP contribution in [0.2, 0.25) is 0 Å². The topological polar surface area (TPSA) is 87.0 Å². The average Bonchev–Trinajstić information content (AvgIpc) is 2.80. The molecule has 0 aromatic heterocycles. The summed E-state index contributed by atoms with van der Waals surface area (Å²) in [6.07, 6.45) is 7.28. The fourth-order valence-corrected chi connectivity index (χ4v) is 11.0. The Bertz CT molecular complexity index is 968. The van der Waals surface area contributed by atoms with E-state index >= 15 is 0 Å². The van der Waals surface area contributed by atoms with Gasteiger partial charge in [0, 0.05) is 0 Å². The number of ether oxygens (including phenoxy) is 1. The van der Waals surface area contributed by atoms with Crippen LogP contribution >= 0.6 is 0 Å². The van der Waals surface area contributed by atoms with E-state index in [-0.39, 0.29) is 39.7 Å². The van der Waals surface area contributed by atoms with Gasteiger partial charge in [0.15, 0.2) is 0 Å². The molecular formula is C31H50O5. The first-order chi connectivity index (χ1) is 16.5. The minimum atomic E-state index is -1.14. The number of hydrogen-bond acceptors (Lipinski definition) is 5. The quantitative estimate of drug-likeness (QED) is 0.336. The highest BCUT2D eigenvalue weighted by molar-refractivity contribution is 5.79. The molecule has 5 aliphatic carbocycles. The highest BCUT2D eigenvalue weighted by Crippen LogP contribution is 2.75. The zero-order valence-electron chi connectivity index (χ0n) is 23.9. The van der Waals surface area contributed by atoms with Crippen molar-refractivity contribution in [3.63, 3.8) is 0 Å². The van der Waals surface area contributed by atoms with E-state index in [9.17, 15) is 20.1 Å². The Morgan fingerprint density at radius 2 is 1.56 bits per heavy atom. The maximum Gasteiger partial charge on any atom is 0.315 e. The lowest BCUT2D eigenvalue weighted by atomic mass is 9.33. The summed E-state index contributed by atoms with van der Waals surface area (Å²) in [5.41, 5.74) is -0.173. The molecule has 3 N–H and O–H groups in total. The smallest absolute Gasteiger partial charge is 0.315 e. The van der Waals surface area contributed by atoms with Crippen LogP contribution < -0.4 is 0 Å². The molecule has 0 radical (unpaired) electrons. The fourth-order valence-electron chi connectivity index (χ4n) is 11.0. The fraction of sp³-hybridized carbons (Fsp3) is 0.903. The number of allylic oxidation sites excluding steroid dienone is 2. The molecule has 0 amide bonds. The van der Waals surface area contributed by atoms with Crippen molar-refractivity contribution in [3.05, 3.63) is 11.6 Å². The zero-order chi connectivity index (χ0) is 26.7. The van der Waals surface area contributed by atoms with Crippen molar-refractivity contribution in [1.29, 1.82) is 0 Å². The first kappa shape index (κ1) is 26.7. The number of aliphatic hydroxyl groups is 3. The van der Waals surface area contributed by atoms with Gasteiger partial charge in [-0.15, -0.1) is 0 Å². The third-order valence-electron chi connectivity index (χ3n) is 13.5. The van der Waals surface area contributed by atoms with Crippen molar-refractivity contribution >= 4 is 5.97 Å². The second-order valence-electron chi connectivity index (χ2n) is 15.3. The van der Waals surface area contributed by atoms with Crippen LogP contribution in [0, 0.1) is 50.2 Å². The number of carbonyl (C=O) groups is 1. The summed E-state index contributed by atoms with van der Waals surface area (Å²) in [5.74, 6) is 0.504. The molecule has 0 saturated heterocycles. The number of methoxy groups -OCH3 is 1. The summed E-state index contributed by atoms with van der Waals surface area (Å²) in [7, 11) is 1.41. The Morgan fingerprint density at radius 3 is 2.19 bits per heavy atom. The van der Waals surface area contributed by atoms with Gasteiger partial charge in [0.1, 0.15) is 5.41 Å². The van der Waals surface area contributed by atoms with Crippen LogP contribution in [0.1, 0.15) is 99.8 Å². The number of esters is 1. The molecule has 5 rings (SSSR count). The Morgan fingerprint density at radius 1 is 0.889 bits per heavy atom. The van der Waals surface area contributed by atoms with Gasteiger partial charge in [-0.2, -0.15) is 0 Å². The van der Waals surface area contributed by atoms with Crippen LogP contribution in [-0.4, -0.2) is 46.7 Å². The number of carbonyl (C=O) groups excluding carboxylic acids is 1. The molecule has 0 unspecified atom stereocenters. The van der Waals surface area contributed by atoms with E-state index < -0.39 is 23.0 Å². The number of rotatable bonds is 1. The maximum absolute atomic E-state index is 13.4. The second kappa shape index (κ2) is 7.82. The van der Waals surface area contributed by atoms with Gasteiger partial charge in [-0.25, -0.2) is 0 Å². The predicted octanol–water partition coefficient (Wildman–Crippen LogP) is 5.26. The minimum absolute atomic E-state index is 0.0775. The maximum atomic E-state index is 13.4. The van der Waals surface area contributed by atoms with Crippen LogP contribution in [0.3, 0.4) is 0 Å². The van der Waals surface area contributed by atoms with Gasteiger partial charge in [0.2, 0.25) is 0 Å². The van der Waals surface area contributed by atoms with E-state index in [2.05, 4.69) is 40.7 Å². The molecule has 5 nitrogen and oxygen atoms in total. The van der Waals surface area contributed by atoms with Gasteiger partial charge >= 0.3 is 5.97 Å². The van der Waals surface area contributed by atoms with Crippen molar-refractivity contribution in [3.8, 4) is 0 Å². The molecule has 0 bridgehead atoms. The Balaban J connectivity index is 1.63. The Labute approximate surface area is 218 Å². The van der Waals surface area contributed by atoms with Crippen molar-refractivity contribution in [1.82, 2.24) is 0 Å². The van der Waals surface area contributed by atoms with Crippen LogP contribution in [-0.2, 0) is 9.53 Å². The van der Waals surface area contributed by atoms with Crippen molar-refractivity contribution in [2.75, 3.05) is 7.11 Å². The lowest BCUT2D eigenvalue weighted by molar-refractivity contribution is -0.227. The number of aliphatic hydroxyl groups excluding tert-OH is 3. The molecule has 0 spiro atoms. The van der Waals surface area contributed by atoms with Gasteiger partial charge in [-0.05, 0) is 96.2 Å². The van der Waals surface area contributed by atoms with E-state index in [1.165, 1.54) is 12.7 Å². The van der Waals surface area contributed by atoms with Crippen LogP contribution in [0.15, 0.2) is 11.6 Å². The van der Waals surface area contributed by atoms with Crippen LogP contribution in [0.4, 0.5) is 0 Å². The summed E-state index contributed by atoms with van der Waals surface area (Å²) in [4.78, 5) is 13.4. The van der Waals surface area contributed by atoms with E-state index in [1.54, 1.807) is 0 Å². The second-order valence-corrected chi connectivity index (χ2v) is 15.3. The monoisotopic (exact) mass is 502 g/mol. The predicted molar refractivity (Wildman–Crippen MR) is 140 cm³/mol. The molecule has 4 fully saturated rings. The average molecular weight is 503 g/mol. The zero-order valence-corrected chi connectivity index (χ0v) is 23.9. The Hall–Kier alpha value is -0.910. The molecular weight excluding hydrogens is 452 g/mol. The lowest BCUT2D eigenvalue weighted by Crippen LogP contribution is -2.68. The first-order valence-electron chi connectivity index (χ1n) is 14.4. The van der Waals surface area contributed by atoms with Crippen molar-refractivity contribution in [2.24, 2.45) is 50.2 Å². The largest absolute Gasteiger partial charge is 0.468 e. The molecule has 5 aliphatic rings. The summed E-state index contributed by atoms with van der Waals surface area (Å²) in [6.45, 7) is 16.0. The van der Waals surface area contributed by atoms with Gasteiger partial charge in [0.25, 0.3) is 0 Å². The minimum Gasteiger partial charge on any atom is -0.468 e.